The van der Waals surface area contributed by atoms with Gasteiger partial charge in [0.15, 0.2) is 0 Å². The lowest BCUT2D eigenvalue weighted by Gasteiger charge is -2.30. The summed E-state index contributed by atoms with van der Waals surface area (Å²) < 4.78 is 32.9. The van der Waals surface area contributed by atoms with E-state index < -0.39 is 16.1 Å². The molecule has 176 valence electrons. The number of para-hydroxylation sites is 1. The molecular formula is C26H27N3O4S. The molecule has 2 heterocycles. The predicted molar refractivity (Wildman–Crippen MR) is 131 cm³/mol. The molecule has 7 nitrogen and oxygen atoms in total. The lowest BCUT2D eigenvalue weighted by atomic mass is 10.0. The molecule has 3 aromatic carbocycles. The first-order valence-electron chi connectivity index (χ1n) is 11.4. The number of rotatable bonds is 6. The fourth-order valence-corrected chi connectivity index (χ4v) is 6.08. The second-order valence-electron chi connectivity index (χ2n) is 8.42. The molecule has 0 bridgehead atoms. The van der Waals surface area contributed by atoms with E-state index in [4.69, 9.17) is 4.74 Å². The maximum Gasteiger partial charge on any atom is 0.251 e. The van der Waals surface area contributed by atoms with Gasteiger partial charge in [-0.1, -0.05) is 54.6 Å². The van der Waals surface area contributed by atoms with Gasteiger partial charge in [-0.2, -0.15) is 4.31 Å². The third kappa shape index (κ3) is 4.44. The highest BCUT2D eigenvalue weighted by molar-refractivity contribution is 7.89. The average Bonchev–Trinajstić information content (AvgIpc) is 3.29. The van der Waals surface area contributed by atoms with E-state index in [0.717, 1.165) is 24.2 Å². The van der Waals surface area contributed by atoms with E-state index in [1.807, 2.05) is 48.5 Å². The highest BCUT2D eigenvalue weighted by atomic mass is 32.2. The van der Waals surface area contributed by atoms with E-state index in [0.29, 0.717) is 32.0 Å². The number of morpholine rings is 1. The fraction of sp³-hybridized carbons (Fsp3) is 0.269. The van der Waals surface area contributed by atoms with Crippen LogP contribution in [0.3, 0.4) is 0 Å². The third-order valence-corrected chi connectivity index (χ3v) is 8.20. The van der Waals surface area contributed by atoms with Crippen LogP contribution in [0.2, 0.25) is 0 Å². The van der Waals surface area contributed by atoms with Gasteiger partial charge in [0.1, 0.15) is 6.04 Å². The van der Waals surface area contributed by atoms with Crippen LogP contribution in [0.15, 0.2) is 83.8 Å². The minimum atomic E-state index is -3.66. The summed E-state index contributed by atoms with van der Waals surface area (Å²) in [6, 6.07) is 23.7. The summed E-state index contributed by atoms with van der Waals surface area (Å²) in [5.74, 6) is -0.205. The van der Waals surface area contributed by atoms with Crippen LogP contribution in [-0.2, 0) is 26.0 Å². The second kappa shape index (κ2) is 9.58. The van der Waals surface area contributed by atoms with Crippen LogP contribution >= 0.6 is 0 Å². The number of carbonyl (C=O) groups excluding carboxylic acids is 1. The minimum Gasteiger partial charge on any atom is -0.379 e. The van der Waals surface area contributed by atoms with Crippen molar-refractivity contribution >= 4 is 27.3 Å². The van der Waals surface area contributed by atoms with Crippen LogP contribution in [0.25, 0.3) is 0 Å². The molecule has 3 aromatic rings. The Kier molecular flexibility index (Phi) is 6.36. The summed E-state index contributed by atoms with van der Waals surface area (Å²) in [5.41, 5.74) is 3.60. The summed E-state index contributed by atoms with van der Waals surface area (Å²) in [7, 11) is -3.66. The largest absolute Gasteiger partial charge is 0.379 e. The van der Waals surface area contributed by atoms with Crippen molar-refractivity contribution in [3.63, 3.8) is 0 Å². The van der Waals surface area contributed by atoms with Crippen molar-refractivity contribution in [3.05, 3.63) is 90.0 Å². The monoisotopic (exact) mass is 477 g/mol. The second-order valence-corrected chi connectivity index (χ2v) is 10.4. The van der Waals surface area contributed by atoms with Gasteiger partial charge >= 0.3 is 0 Å². The zero-order chi connectivity index (χ0) is 23.5. The number of benzene rings is 3. The highest BCUT2D eigenvalue weighted by Gasteiger charge is 2.33. The molecule has 5 rings (SSSR count). The maximum atomic E-state index is 13.6. The Balaban J connectivity index is 1.43. The number of hydrogen-bond donors (Lipinski definition) is 1. The van der Waals surface area contributed by atoms with E-state index in [9.17, 15) is 13.2 Å². The van der Waals surface area contributed by atoms with Gasteiger partial charge in [-0.05, 0) is 41.8 Å². The lowest BCUT2D eigenvalue weighted by Crippen LogP contribution is -2.40. The number of carbonyl (C=O) groups is 1. The smallest absolute Gasteiger partial charge is 0.251 e. The van der Waals surface area contributed by atoms with Gasteiger partial charge in [0.05, 0.1) is 18.1 Å². The van der Waals surface area contributed by atoms with Crippen LogP contribution in [0.1, 0.15) is 17.2 Å². The van der Waals surface area contributed by atoms with E-state index in [1.54, 1.807) is 18.2 Å². The van der Waals surface area contributed by atoms with Crippen LogP contribution in [0.4, 0.5) is 11.4 Å². The van der Waals surface area contributed by atoms with Gasteiger partial charge in [0, 0.05) is 31.0 Å². The van der Waals surface area contributed by atoms with Crippen molar-refractivity contribution in [2.45, 2.75) is 17.4 Å². The Labute approximate surface area is 200 Å². The molecule has 1 atom stereocenters. The molecule has 1 fully saturated rings. The van der Waals surface area contributed by atoms with Gasteiger partial charge in [0.2, 0.25) is 10.0 Å². The molecule has 2 aliphatic heterocycles. The Hall–Kier alpha value is -3.20. The first-order chi connectivity index (χ1) is 16.5. The van der Waals surface area contributed by atoms with Crippen LogP contribution in [0.5, 0.6) is 0 Å². The third-order valence-electron chi connectivity index (χ3n) is 6.31. The van der Waals surface area contributed by atoms with Crippen molar-refractivity contribution in [2.24, 2.45) is 0 Å². The summed E-state index contributed by atoms with van der Waals surface area (Å²) >= 11 is 0. The number of fused-ring (bicyclic) bond motifs is 1. The molecule has 0 aromatic heterocycles. The number of sulfonamides is 1. The van der Waals surface area contributed by atoms with E-state index in [1.165, 1.54) is 15.9 Å². The quantitative estimate of drug-likeness (QED) is 0.588. The van der Waals surface area contributed by atoms with Gasteiger partial charge < -0.3 is 15.0 Å². The standard InChI is InChI=1S/C26H27N3O4S/c30-26(27-22-10-6-11-23(19-22)34(31,32)28-15-17-33-18-16-28)25(21-8-2-1-3-9-21)29-14-13-20-7-4-5-12-24(20)29/h1-12,19,25H,13-18H2,(H,27,30). The number of nitrogens with one attached hydrogen (secondary N) is 1. The molecule has 8 heteroatoms. The number of anilines is 2. The number of amides is 1. The number of hydrogen-bond acceptors (Lipinski definition) is 5. The first-order valence-corrected chi connectivity index (χ1v) is 12.9. The number of ether oxygens (including phenoxy) is 1. The van der Waals surface area contributed by atoms with Gasteiger partial charge in [-0.25, -0.2) is 8.42 Å². The highest BCUT2D eigenvalue weighted by Crippen LogP contribution is 2.36. The normalized spacial score (nSPS) is 17.2. The molecule has 1 unspecified atom stereocenters. The summed E-state index contributed by atoms with van der Waals surface area (Å²) in [4.78, 5) is 15.9. The molecule has 0 aliphatic carbocycles. The van der Waals surface area contributed by atoms with Gasteiger partial charge in [0.25, 0.3) is 5.91 Å². The van der Waals surface area contributed by atoms with Crippen molar-refractivity contribution in [1.82, 2.24) is 4.31 Å². The van der Waals surface area contributed by atoms with Crippen molar-refractivity contribution in [2.75, 3.05) is 43.1 Å². The average molecular weight is 478 g/mol. The summed E-state index contributed by atoms with van der Waals surface area (Å²) in [6.07, 6.45) is 0.875. The SMILES string of the molecule is O=C(Nc1cccc(S(=O)(=O)N2CCOCC2)c1)C(c1ccccc1)N1CCc2ccccc21. The first kappa shape index (κ1) is 22.6. The number of nitrogens with zero attached hydrogens (tertiary/aromatic N) is 2. The molecule has 0 spiro atoms. The van der Waals surface area contributed by atoms with Crippen LogP contribution < -0.4 is 10.2 Å². The summed E-state index contributed by atoms with van der Waals surface area (Å²) in [6.45, 7) is 2.14. The van der Waals surface area contributed by atoms with E-state index in [2.05, 4.69) is 16.3 Å². The van der Waals surface area contributed by atoms with Crippen LogP contribution in [-0.4, -0.2) is 51.5 Å². The van der Waals surface area contributed by atoms with E-state index in [-0.39, 0.29) is 10.8 Å². The molecule has 1 saturated heterocycles. The van der Waals surface area contributed by atoms with Gasteiger partial charge in [-0.3, -0.25) is 4.79 Å². The fourth-order valence-electron chi connectivity index (χ4n) is 4.62. The molecule has 2 aliphatic rings. The minimum absolute atomic E-state index is 0.162. The molecule has 34 heavy (non-hydrogen) atoms. The Bertz CT molecular complexity index is 1270. The Morgan fingerprint density at radius 1 is 0.882 bits per heavy atom. The molecule has 0 saturated carbocycles. The lowest BCUT2D eigenvalue weighted by molar-refractivity contribution is -0.117. The molecule has 1 N–H and O–H groups in total. The topological polar surface area (TPSA) is 79.0 Å². The zero-order valence-corrected chi connectivity index (χ0v) is 19.6. The molecule has 0 radical (unpaired) electrons. The van der Waals surface area contributed by atoms with Crippen molar-refractivity contribution < 1.29 is 17.9 Å². The predicted octanol–water partition coefficient (Wildman–Crippen LogP) is 3.45. The molecular weight excluding hydrogens is 450 g/mol. The van der Waals surface area contributed by atoms with Crippen molar-refractivity contribution in [3.8, 4) is 0 Å². The summed E-state index contributed by atoms with van der Waals surface area (Å²) in [5, 5.41) is 2.98. The molecule has 1 amide bonds. The van der Waals surface area contributed by atoms with E-state index >= 15 is 0 Å². The Morgan fingerprint density at radius 3 is 2.41 bits per heavy atom. The zero-order valence-electron chi connectivity index (χ0n) is 18.8. The van der Waals surface area contributed by atoms with Crippen molar-refractivity contribution in [1.29, 1.82) is 0 Å². The maximum absolute atomic E-state index is 13.6. The van der Waals surface area contributed by atoms with Gasteiger partial charge in [-0.15, -0.1) is 0 Å². The Morgan fingerprint density at radius 2 is 1.62 bits per heavy atom. The van der Waals surface area contributed by atoms with Crippen LogP contribution in [0, 0.1) is 0 Å².